The van der Waals surface area contributed by atoms with Gasteiger partial charge in [-0.2, -0.15) is 17.4 Å². The van der Waals surface area contributed by atoms with E-state index in [1.165, 1.54) is 14.1 Å². The van der Waals surface area contributed by atoms with Gasteiger partial charge >= 0.3 is 0 Å². The molecule has 68 valence electrons. The maximum absolute atomic E-state index is 11.1. The van der Waals surface area contributed by atoms with Crippen molar-refractivity contribution in [2.24, 2.45) is 0 Å². The third-order valence-electron chi connectivity index (χ3n) is 1.06. The first kappa shape index (κ1) is 11.4. The highest BCUT2D eigenvalue weighted by Crippen LogP contribution is 1.94. The summed E-state index contributed by atoms with van der Waals surface area (Å²) in [6, 6.07) is -0.0811. The van der Waals surface area contributed by atoms with Crippen LogP contribution in [0.5, 0.6) is 0 Å². The Kier molecular flexibility index (Phi) is 4.53. The number of hydrogen-bond donors (Lipinski definition) is 1. The van der Waals surface area contributed by atoms with E-state index in [9.17, 15) is 8.42 Å². The second kappa shape index (κ2) is 4.39. The van der Waals surface area contributed by atoms with Crippen LogP contribution in [-0.4, -0.2) is 38.2 Å². The van der Waals surface area contributed by atoms with Crippen LogP contribution in [0.25, 0.3) is 0 Å². The molecule has 6 heteroatoms. The van der Waals surface area contributed by atoms with Crippen molar-refractivity contribution in [2.45, 2.75) is 13.0 Å². The van der Waals surface area contributed by atoms with Gasteiger partial charge in [0.1, 0.15) is 0 Å². The van der Waals surface area contributed by atoms with Crippen LogP contribution in [0.3, 0.4) is 0 Å². The van der Waals surface area contributed by atoms with Gasteiger partial charge < -0.3 is 0 Å². The van der Waals surface area contributed by atoms with E-state index >= 15 is 0 Å². The van der Waals surface area contributed by atoms with Gasteiger partial charge in [-0.15, -0.1) is 0 Å². The van der Waals surface area contributed by atoms with Crippen LogP contribution in [-0.2, 0) is 10.2 Å². The van der Waals surface area contributed by atoms with Crippen LogP contribution >= 0.6 is 15.9 Å². The molecule has 0 spiro atoms. The largest absolute Gasteiger partial charge is 0.279 e. The summed E-state index contributed by atoms with van der Waals surface area (Å²) in [5.41, 5.74) is 0. The fraction of sp³-hybridized carbons (Fsp3) is 1.00. The predicted molar refractivity (Wildman–Crippen MR) is 49.0 cm³/mol. The third kappa shape index (κ3) is 4.05. The van der Waals surface area contributed by atoms with Crippen molar-refractivity contribution in [1.29, 1.82) is 0 Å². The van der Waals surface area contributed by atoms with Gasteiger partial charge in [-0.05, 0) is 6.92 Å². The molecule has 0 bridgehead atoms. The zero-order chi connectivity index (χ0) is 9.07. The van der Waals surface area contributed by atoms with E-state index in [1.807, 2.05) is 0 Å². The lowest BCUT2D eigenvalue weighted by Gasteiger charge is -2.15. The summed E-state index contributed by atoms with van der Waals surface area (Å²) >= 11 is 3.17. The highest BCUT2D eigenvalue weighted by atomic mass is 79.9. The van der Waals surface area contributed by atoms with Crippen LogP contribution in [0.2, 0.25) is 0 Å². The number of alkyl halides is 1. The SMILES string of the molecule is CC(CBr)NS(=O)(=O)N(C)C. The predicted octanol–water partition coefficient (Wildman–Crippen LogP) is 0.166. The van der Waals surface area contributed by atoms with Crippen LogP contribution in [0.15, 0.2) is 0 Å². The molecule has 0 aliphatic rings. The van der Waals surface area contributed by atoms with E-state index in [4.69, 9.17) is 0 Å². The zero-order valence-corrected chi connectivity index (χ0v) is 9.24. The minimum atomic E-state index is -3.26. The Balaban J connectivity index is 4.15. The van der Waals surface area contributed by atoms with E-state index in [0.29, 0.717) is 5.33 Å². The Hall–Kier alpha value is 0.350. The Morgan fingerprint density at radius 1 is 1.55 bits per heavy atom. The molecule has 0 heterocycles. The lowest BCUT2D eigenvalue weighted by Crippen LogP contribution is -2.41. The maximum Gasteiger partial charge on any atom is 0.279 e. The van der Waals surface area contributed by atoms with Gasteiger partial charge in [-0.25, -0.2) is 0 Å². The molecule has 11 heavy (non-hydrogen) atoms. The molecular weight excluding hydrogens is 232 g/mol. The van der Waals surface area contributed by atoms with Gasteiger partial charge in [0.05, 0.1) is 0 Å². The quantitative estimate of drug-likeness (QED) is 0.717. The van der Waals surface area contributed by atoms with Gasteiger partial charge in [0, 0.05) is 25.5 Å². The van der Waals surface area contributed by atoms with Crippen molar-refractivity contribution < 1.29 is 8.42 Å². The molecule has 0 aliphatic carbocycles. The molecule has 1 N–H and O–H groups in total. The van der Waals surface area contributed by atoms with Gasteiger partial charge in [0.25, 0.3) is 10.2 Å². The molecule has 0 aromatic carbocycles. The second-order valence-electron chi connectivity index (χ2n) is 2.46. The number of nitrogens with one attached hydrogen (secondary N) is 1. The minimum Gasteiger partial charge on any atom is -0.198 e. The smallest absolute Gasteiger partial charge is 0.198 e. The highest BCUT2D eigenvalue weighted by Gasteiger charge is 2.15. The van der Waals surface area contributed by atoms with Gasteiger partial charge in [-0.3, -0.25) is 0 Å². The molecular formula is C5H13BrN2O2S. The Bertz CT molecular complexity index is 203. The van der Waals surface area contributed by atoms with E-state index < -0.39 is 10.2 Å². The van der Waals surface area contributed by atoms with Gasteiger partial charge in [0.2, 0.25) is 0 Å². The summed E-state index contributed by atoms with van der Waals surface area (Å²) < 4.78 is 25.8. The maximum atomic E-state index is 11.1. The summed E-state index contributed by atoms with van der Waals surface area (Å²) in [6.45, 7) is 1.79. The first-order valence-corrected chi connectivity index (χ1v) is 5.72. The topological polar surface area (TPSA) is 49.4 Å². The van der Waals surface area contributed by atoms with E-state index in [0.717, 1.165) is 4.31 Å². The van der Waals surface area contributed by atoms with Crippen LogP contribution in [0.4, 0.5) is 0 Å². The minimum absolute atomic E-state index is 0.0811. The van der Waals surface area contributed by atoms with E-state index in [1.54, 1.807) is 6.92 Å². The molecule has 0 aliphatic heterocycles. The van der Waals surface area contributed by atoms with E-state index in [2.05, 4.69) is 20.7 Å². The van der Waals surface area contributed by atoms with Crippen molar-refractivity contribution in [3.63, 3.8) is 0 Å². The molecule has 0 rings (SSSR count). The van der Waals surface area contributed by atoms with Crippen molar-refractivity contribution in [3.8, 4) is 0 Å². The van der Waals surface area contributed by atoms with Crippen molar-refractivity contribution in [2.75, 3.05) is 19.4 Å². The monoisotopic (exact) mass is 244 g/mol. The molecule has 0 aromatic rings. The molecule has 0 saturated heterocycles. The molecule has 1 atom stereocenters. The Labute approximate surface area is 76.3 Å². The first-order valence-electron chi connectivity index (χ1n) is 3.16. The first-order chi connectivity index (χ1) is 4.90. The standard InChI is InChI=1S/C5H13BrN2O2S/c1-5(4-6)7-11(9,10)8(2)3/h5,7H,4H2,1-3H3. The van der Waals surface area contributed by atoms with E-state index in [-0.39, 0.29) is 6.04 Å². The molecule has 0 saturated carbocycles. The second-order valence-corrected chi connectivity index (χ2v) is 5.02. The molecule has 4 nitrogen and oxygen atoms in total. The van der Waals surface area contributed by atoms with Crippen molar-refractivity contribution >= 4 is 26.1 Å². The van der Waals surface area contributed by atoms with Crippen LogP contribution < -0.4 is 4.72 Å². The highest BCUT2D eigenvalue weighted by molar-refractivity contribution is 9.09. The average Bonchev–Trinajstić information content (AvgIpc) is 1.86. The lowest BCUT2D eigenvalue weighted by molar-refractivity contribution is 0.498. The summed E-state index contributed by atoms with van der Waals surface area (Å²) in [5.74, 6) is 0. The summed E-state index contributed by atoms with van der Waals surface area (Å²) in [5, 5.41) is 0.611. The molecule has 1 unspecified atom stereocenters. The molecule has 0 aromatic heterocycles. The fourth-order valence-corrected chi connectivity index (χ4v) is 1.57. The van der Waals surface area contributed by atoms with Gasteiger partial charge in [0.15, 0.2) is 0 Å². The Morgan fingerprint density at radius 3 is 2.27 bits per heavy atom. The number of nitrogens with zero attached hydrogens (tertiary/aromatic N) is 1. The van der Waals surface area contributed by atoms with Crippen LogP contribution in [0, 0.1) is 0 Å². The number of rotatable bonds is 4. The van der Waals surface area contributed by atoms with Crippen molar-refractivity contribution in [1.82, 2.24) is 9.03 Å². The van der Waals surface area contributed by atoms with Gasteiger partial charge in [-0.1, -0.05) is 15.9 Å². The normalized spacial score (nSPS) is 15.4. The number of hydrogen-bond acceptors (Lipinski definition) is 2. The molecule has 0 amide bonds. The third-order valence-corrected chi connectivity index (χ3v) is 3.70. The fourth-order valence-electron chi connectivity index (χ4n) is 0.391. The van der Waals surface area contributed by atoms with Crippen molar-refractivity contribution in [3.05, 3.63) is 0 Å². The molecule has 0 radical (unpaired) electrons. The molecule has 0 fully saturated rings. The lowest BCUT2D eigenvalue weighted by atomic mass is 10.4. The zero-order valence-electron chi connectivity index (χ0n) is 6.83. The number of halogens is 1. The summed E-state index contributed by atoms with van der Waals surface area (Å²) in [4.78, 5) is 0. The summed E-state index contributed by atoms with van der Waals surface area (Å²) in [6.07, 6.45) is 0. The average molecular weight is 245 g/mol. The van der Waals surface area contributed by atoms with Crippen LogP contribution in [0.1, 0.15) is 6.92 Å². The summed E-state index contributed by atoms with van der Waals surface area (Å²) in [7, 11) is -0.277. The Morgan fingerprint density at radius 2 is 2.00 bits per heavy atom.